The molecule has 0 radical (unpaired) electrons. The maximum absolute atomic E-state index is 12.1. The second-order valence-corrected chi connectivity index (χ2v) is 3.67. The van der Waals surface area contributed by atoms with E-state index < -0.39 is 0 Å². The molecule has 0 spiro atoms. The van der Waals surface area contributed by atoms with Crippen molar-refractivity contribution in [2.45, 2.75) is 33.7 Å². The fourth-order valence-electron chi connectivity index (χ4n) is 1.59. The topological polar surface area (TPSA) is 64.2 Å². The van der Waals surface area contributed by atoms with Crippen LogP contribution < -0.4 is 5.73 Å². The number of aryl methyl sites for hydroxylation is 1. The summed E-state index contributed by atoms with van der Waals surface area (Å²) in [6.07, 6.45) is 2.64. The Morgan fingerprint density at radius 2 is 2.19 bits per heavy atom. The third-order valence-electron chi connectivity index (χ3n) is 2.48. The normalized spacial score (nSPS) is 10.4. The summed E-state index contributed by atoms with van der Waals surface area (Å²) >= 11 is 0. The third-order valence-corrected chi connectivity index (χ3v) is 2.48. The van der Waals surface area contributed by atoms with Crippen LogP contribution in [-0.2, 0) is 6.54 Å². The predicted molar refractivity (Wildman–Crippen MR) is 64.2 cm³/mol. The molecule has 2 N–H and O–H groups in total. The highest BCUT2D eigenvalue weighted by Crippen LogP contribution is 2.12. The zero-order valence-corrected chi connectivity index (χ0v) is 10.2. The Morgan fingerprint density at radius 1 is 1.50 bits per heavy atom. The molecule has 0 saturated heterocycles. The average molecular weight is 224 g/mol. The van der Waals surface area contributed by atoms with Crippen LogP contribution in [-0.4, -0.2) is 33.7 Å². The summed E-state index contributed by atoms with van der Waals surface area (Å²) < 4.78 is 1.68. The maximum atomic E-state index is 12.1. The first-order valence-electron chi connectivity index (χ1n) is 5.76. The average Bonchev–Trinajstić information content (AvgIpc) is 2.66. The summed E-state index contributed by atoms with van der Waals surface area (Å²) in [6, 6.07) is 0. The van der Waals surface area contributed by atoms with Crippen molar-refractivity contribution in [1.29, 1.82) is 0 Å². The molecule has 0 aliphatic rings. The van der Waals surface area contributed by atoms with E-state index in [2.05, 4.69) is 5.10 Å². The SMILES string of the molecule is CCCN(CC)C(=O)c1nn(CC)cc1N. The number of amides is 1. The number of anilines is 1. The van der Waals surface area contributed by atoms with E-state index in [1.54, 1.807) is 15.8 Å². The van der Waals surface area contributed by atoms with Gasteiger partial charge in [-0.3, -0.25) is 9.48 Å². The fraction of sp³-hybridized carbons (Fsp3) is 0.636. The van der Waals surface area contributed by atoms with Gasteiger partial charge in [0.05, 0.1) is 5.69 Å². The van der Waals surface area contributed by atoms with Crippen molar-refractivity contribution < 1.29 is 4.79 Å². The van der Waals surface area contributed by atoms with Crippen molar-refractivity contribution in [3.8, 4) is 0 Å². The van der Waals surface area contributed by atoms with E-state index in [4.69, 9.17) is 5.73 Å². The Labute approximate surface area is 96.2 Å². The number of rotatable bonds is 5. The fourth-order valence-corrected chi connectivity index (χ4v) is 1.59. The van der Waals surface area contributed by atoms with Crippen molar-refractivity contribution in [3.05, 3.63) is 11.9 Å². The van der Waals surface area contributed by atoms with Gasteiger partial charge in [-0.25, -0.2) is 0 Å². The highest BCUT2D eigenvalue weighted by atomic mass is 16.2. The van der Waals surface area contributed by atoms with Crippen molar-refractivity contribution in [1.82, 2.24) is 14.7 Å². The molecule has 0 bridgehead atoms. The summed E-state index contributed by atoms with van der Waals surface area (Å²) in [5.74, 6) is -0.0750. The van der Waals surface area contributed by atoms with Gasteiger partial charge in [0.25, 0.3) is 5.91 Å². The molecule has 1 heterocycles. The van der Waals surface area contributed by atoms with E-state index in [9.17, 15) is 4.79 Å². The first-order valence-corrected chi connectivity index (χ1v) is 5.76. The number of carbonyl (C=O) groups is 1. The molecule has 0 saturated carbocycles. The zero-order chi connectivity index (χ0) is 12.1. The van der Waals surface area contributed by atoms with Gasteiger partial charge in [0.1, 0.15) is 0 Å². The molecular formula is C11H20N4O. The van der Waals surface area contributed by atoms with Crippen LogP contribution in [0, 0.1) is 0 Å². The molecule has 0 aliphatic heterocycles. The minimum Gasteiger partial charge on any atom is -0.396 e. The van der Waals surface area contributed by atoms with Crippen molar-refractivity contribution >= 4 is 11.6 Å². The molecule has 16 heavy (non-hydrogen) atoms. The van der Waals surface area contributed by atoms with Crippen LogP contribution in [0.4, 0.5) is 5.69 Å². The van der Waals surface area contributed by atoms with Gasteiger partial charge in [0.15, 0.2) is 5.69 Å². The van der Waals surface area contributed by atoms with Gasteiger partial charge in [-0.15, -0.1) is 0 Å². The van der Waals surface area contributed by atoms with E-state index in [0.29, 0.717) is 17.9 Å². The number of nitrogens with zero attached hydrogens (tertiary/aromatic N) is 3. The largest absolute Gasteiger partial charge is 0.396 e. The lowest BCUT2D eigenvalue weighted by molar-refractivity contribution is 0.0758. The minimum atomic E-state index is -0.0750. The first kappa shape index (κ1) is 12.5. The van der Waals surface area contributed by atoms with Gasteiger partial charge >= 0.3 is 0 Å². The van der Waals surface area contributed by atoms with Crippen molar-refractivity contribution in [2.75, 3.05) is 18.8 Å². The molecule has 0 atom stereocenters. The highest BCUT2D eigenvalue weighted by Gasteiger charge is 2.19. The third kappa shape index (κ3) is 2.53. The van der Waals surface area contributed by atoms with Gasteiger partial charge < -0.3 is 10.6 Å². The quantitative estimate of drug-likeness (QED) is 0.821. The van der Waals surface area contributed by atoms with Crippen molar-refractivity contribution in [2.24, 2.45) is 0 Å². The maximum Gasteiger partial charge on any atom is 0.276 e. The van der Waals surface area contributed by atoms with E-state index in [1.165, 1.54) is 0 Å². The molecular weight excluding hydrogens is 204 g/mol. The highest BCUT2D eigenvalue weighted by molar-refractivity contribution is 5.97. The standard InChI is InChI=1S/C11H20N4O/c1-4-7-14(5-2)11(16)10-9(12)8-15(6-3)13-10/h8H,4-7,12H2,1-3H3. The Hall–Kier alpha value is -1.52. The monoisotopic (exact) mass is 224 g/mol. The van der Waals surface area contributed by atoms with Crippen molar-refractivity contribution in [3.63, 3.8) is 0 Å². The Morgan fingerprint density at radius 3 is 2.62 bits per heavy atom. The van der Waals surface area contributed by atoms with Gasteiger partial charge in [0, 0.05) is 25.8 Å². The van der Waals surface area contributed by atoms with Crippen LogP contribution in [0.25, 0.3) is 0 Å². The number of aromatic nitrogens is 2. The number of hydrogen-bond acceptors (Lipinski definition) is 3. The van der Waals surface area contributed by atoms with Gasteiger partial charge in [-0.1, -0.05) is 6.92 Å². The van der Waals surface area contributed by atoms with Gasteiger partial charge in [0.2, 0.25) is 0 Å². The second kappa shape index (κ2) is 5.53. The van der Waals surface area contributed by atoms with Crippen LogP contribution >= 0.6 is 0 Å². The molecule has 1 rings (SSSR count). The lowest BCUT2D eigenvalue weighted by Crippen LogP contribution is -2.32. The van der Waals surface area contributed by atoms with Crippen LogP contribution in [0.1, 0.15) is 37.7 Å². The smallest absolute Gasteiger partial charge is 0.276 e. The van der Waals surface area contributed by atoms with Gasteiger partial charge in [-0.2, -0.15) is 5.10 Å². The Bertz CT molecular complexity index is 359. The van der Waals surface area contributed by atoms with E-state index >= 15 is 0 Å². The summed E-state index contributed by atoms with van der Waals surface area (Å²) in [5.41, 5.74) is 6.61. The molecule has 5 heteroatoms. The summed E-state index contributed by atoms with van der Waals surface area (Å²) in [7, 11) is 0. The zero-order valence-electron chi connectivity index (χ0n) is 10.2. The molecule has 5 nitrogen and oxygen atoms in total. The summed E-state index contributed by atoms with van der Waals surface area (Å²) in [6.45, 7) is 8.12. The number of hydrogen-bond donors (Lipinski definition) is 1. The Balaban J connectivity index is 2.89. The minimum absolute atomic E-state index is 0.0750. The summed E-state index contributed by atoms with van der Waals surface area (Å²) in [5, 5.41) is 4.18. The molecule has 90 valence electrons. The molecule has 0 aromatic carbocycles. The molecule has 0 unspecified atom stereocenters. The molecule has 1 aromatic heterocycles. The summed E-state index contributed by atoms with van der Waals surface area (Å²) in [4.78, 5) is 13.8. The number of nitrogen functional groups attached to an aromatic ring is 1. The number of carbonyl (C=O) groups excluding carboxylic acids is 1. The van der Waals surface area contributed by atoms with Gasteiger partial charge in [-0.05, 0) is 20.3 Å². The first-order chi connectivity index (χ1) is 7.63. The molecule has 1 amide bonds. The van der Waals surface area contributed by atoms with Crippen LogP contribution in [0.3, 0.4) is 0 Å². The molecule has 0 aliphatic carbocycles. The number of nitrogens with two attached hydrogens (primary N) is 1. The van der Waals surface area contributed by atoms with E-state index in [-0.39, 0.29) is 5.91 Å². The van der Waals surface area contributed by atoms with Crippen LogP contribution in [0.15, 0.2) is 6.20 Å². The molecule has 0 fully saturated rings. The van der Waals surface area contributed by atoms with E-state index in [0.717, 1.165) is 19.5 Å². The molecule has 1 aromatic rings. The van der Waals surface area contributed by atoms with E-state index in [1.807, 2.05) is 20.8 Å². The van der Waals surface area contributed by atoms with Crippen LogP contribution in [0.2, 0.25) is 0 Å². The predicted octanol–water partition coefficient (Wildman–Crippen LogP) is 1.36. The Kier molecular flexibility index (Phi) is 4.34. The van der Waals surface area contributed by atoms with Crippen LogP contribution in [0.5, 0.6) is 0 Å². The lowest BCUT2D eigenvalue weighted by atomic mass is 10.3. The lowest BCUT2D eigenvalue weighted by Gasteiger charge is -2.18. The second-order valence-electron chi connectivity index (χ2n) is 3.67.